The summed E-state index contributed by atoms with van der Waals surface area (Å²) in [7, 11) is 1.86. The summed E-state index contributed by atoms with van der Waals surface area (Å²) >= 11 is 0. The topological polar surface area (TPSA) is 115 Å². The third-order valence-electron chi connectivity index (χ3n) is 5.52. The molecule has 1 aliphatic rings. The zero-order valence-corrected chi connectivity index (χ0v) is 19.0. The number of nitrogens with zero attached hydrogens (tertiary/aromatic N) is 7. The predicted molar refractivity (Wildman–Crippen MR) is 130 cm³/mol. The van der Waals surface area contributed by atoms with Gasteiger partial charge in [0.1, 0.15) is 37.2 Å². The lowest BCUT2D eigenvalue weighted by molar-refractivity contribution is -0.0681. The fourth-order valence-corrected chi connectivity index (χ4v) is 3.81. The maximum absolute atomic E-state index is 5.98. The van der Waals surface area contributed by atoms with Crippen molar-refractivity contribution < 1.29 is 9.57 Å². The van der Waals surface area contributed by atoms with Crippen LogP contribution in [0, 0.1) is 6.92 Å². The van der Waals surface area contributed by atoms with Crippen LogP contribution >= 0.6 is 0 Å². The molecule has 0 spiro atoms. The molecule has 11 nitrogen and oxygen atoms in total. The summed E-state index contributed by atoms with van der Waals surface area (Å²) in [6, 6.07) is 13.5. The second-order valence-electron chi connectivity index (χ2n) is 8.08. The highest BCUT2D eigenvalue weighted by Crippen LogP contribution is 2.30. The lowest BCUT2D eigenvalue weighted by Crippen LogP contribution is -2.04. The number of aromatic nitrogens is 6. The van der Waals surface area contributed by atoms with E-state index in [4.69, 9.17) is 9.57 Å². The Hall–Kier alpha value is -4.77. The van der Waals surface area contributed by atoms with Gasteiger partial charge in [-0.25, -0.2) is 15.0 Å². The van der Waals surface area contributed by atoms with E-state index in [1.165, 1.54) is 0 Å². The number of fused-ring (bicyclic) bond motifs is 2. The van der Waals surface area contributed by atoms with Crippen molar-refractivity contribution in [2.75, 3.05) is 24.3 Å². The van der Waals surface area contributed by atoms with Gasteiger partial charge in [-0.1, -0.05) is 0 Å². The predicted octanol–water partition coefficient (Wildman–Crippen LogP) is 4.04. The average Bonchev–Trinajstić information content (AvgIpc) is 3.49. The molecule has 6 rings (SSSR count). The third-order valence-corrected chi connectivity index (χ3v) is 5.52. The van der Waals surface area contributed by atoms with Crippen molar-refractivity contribution in [3.63, 3.8) is 0 Å². The highest BCUT2D eigenvalue weighted by molar-refractivity contribution is 5.93. The number of hydrogen-bond donors (Lipinski definition) is 2. The van der Waals surface area contributed by atoms with Crippen LogP contribution in [0.5, 0.6) is 11.6 Å². The van der Waals surface area contributed by atoms with E-state index in [9.17, 15) is 0 Å². The van der Waals surface area contributed by atoms with Gasteiger partial charge in [0.25, 0.3) is 0 Å². The number of hydroxylamine groups is 2. The van der Waals surface area contributed by atoms with Crippen LogP contribution in [0.4, 0.5) is 17.2 Å². The largest absolute Gasteiger partial charge is 0.439 e. The number of aryl methyl sites for hydroxylation is 1. The van der Waals surface area contributed by atoms with Crippen LogP contribution in [0.2, 0.25) is 0 Å². The molecule has 0 atom stereocenters. The van der Waals surface area contributed by atoms with Gasteiger partial charge < -0.3 is 15.4 Å². The highest BCUT2D eigenvalue weighted by atomic mass is 16.7. The van der Waals surface area contributed by atoms with Gasteiger partial charge in [-0.05, 0) is 48.9 Å². The van der Waals surface area contributed by atoms with Crippen molar-refractivity contribution in [3.8, 4) is 11.6 Å². The highest BCUT2D eigenvalue weighted by Gasteiger charge is 2.12. The minimum absolute atomic E-state index is 0.449. The number of nitrogens with one attached hydrogen (secondary N) is 2. The van der Waals surface area contributed by atoms with Gasteiger partial charge in [0, 0.05) is 36.1 Å². The molecular formula is C24H21N9O2. The summed E-state index contributed by atoms with van der Waals surface area (Å²) in [4.78, 5) is 18.6. The van der Waals surface area contributed by atoms with Crippen molar-refractivity contribution in [2.24, 2.45) is 0 Å². The molecule has 0 saturated heterocycles. The van der Waals surface area contributed by atoms with Crippen molar-refractivity contribution in [1.82, 2.24) is 34.6 Å². The molecule has 2 N–H and O–H groups in total. The molecule has 1 aliphatic heterocycles. The average molecular weight is 467 g/mol. The molecule has 2 aromatic carbocycles. The Balaban J connectivity index is 1.24. The molecule has 0 aliphatic carbocycles. The zero-order chi connectivity index (χ0) is 23.8. The third kappa shape index (κ3) is 4.27. The molecule has 0 amide bonds. The van der Waals surface area contributed by atoms with Gasteiger partial charge >= 0.3 is 0 Å². The second-order valence-corrected chi connectivity index (χ2v) is 8.08. The zero-order valence-electron chi connectivity index (χ0n) is 19.0. The van der Waals surface area contributed by atoms with Gasteiger partial charge in [-0.2, -0.15) is 0 Å². The number of benzene rings is 2. The van der Waals surface area contributed by atoms with Crippen LogP contribution in [-0.2, 0) is 4.84 Å². The molecule has 0 radical (unpaired) electrons. The van der Waals surface area contributed by atoms with E-state index >= 15 is 0 Å². The van der Waals surface area contributed by atoms with Crippen molar-refractivity contribution in [1.29, 1.82) is 0 Å². The normalized spacial score (nSPS) is 13.3. The lowest BCUT2D eigenvalue weighted by Gasteiger charge is -2.13. The Morgan fingerprint density at radius 1 is 0.971 bits per heavy atom. The van der Waals surface area contributed by atoms with Crippen LogP contribution in [0.15, 0.2) is 73.3 Å². The quantitative estimate of drug-likeness (QED) is 0.379. The summed E-state index contributed by atoms with van der Waals surface area (Å²) < 4.78 is 7.69. The summed E-state index contributed by atoms with van der Waals surface area (Å²) in [6.45, 7) is 2.48. The van der Waals surface area contributed by atoms with Crippen LogP contribution in [0.25, 0.3) is 16.6 Å². The van der Waals surface area contributed by atoms with Crippen molar-refractivity contribution in [2.45, 2.75) is 6.92 Å². The first kappa shape index (κ1) is 20.8. The van der Waals surface area contributed by atoms with E-state index in [1.54, 1.807) is 34.5 Å². The van der Waals surface area contributed by atoms with Crippen LogP contribution in [0.3, 0.4) is 0 Å². The maximum Gasteiger partial charge on any atom is 0.224 e. The van der Waals surface area contributed by atoms with E-state index in [2.05, 4.69) is 35.8 Å². The van der Waals surface area contributed by atoms with Gasteiger partial charge in [-0.15, -0.1) is 10.2 Å². The van der Waals surface area contributed by atoms with Crippen LogP contribution in [0.1, 0.15) is 5.56 Å². The Morgan fingerprint density at radius 3 is 2.71 bits per heavy atom. The molecular weight excluding hydrogens is 446 g/mol. The molecule has 3 aromatic heterocycles. The van der Waals surface area contributed by atoms with Crippen molar-refractivity contribution >= 4 is 33.7 Å². The van der Waals surface area contributed by atoms with Gasteiger partial charge in [0.2, 0.25) is 5.88 Å². The Labute approximate surface area is 200 Å². The van der Waals surface area contributed by atoms with Crippen LogP contribution < -0.4 is 15.4 Å². The molecule has 11 heteroatoms. The molecule has 35 heavy (non-hydrogen) atoms. The van der Waals surface area contributed by atoms with E-state index in [0.717, 1.165) is 33.5 Å². The Morgan fingerprint density at radius 2 is 1.86 bits per heavy atom. The van der Waals surface area contributed by atoms with E-state index in [0.29, 0.717) is 29.7 Å². The second kappa shape index (κ2) is 8.54. The van der Waals surface area contributed by atoms with Crippen molar-refractivity contribution in [3.05, 3.63) is 78.9 Å². The fourth-order valence-electron chi connectivity index (χ4n) is 3.81. The van der Waals surface area contributed by atoms with E-state index in [1.807, 2.05) is 56.6 Å². The smallest absolute Gasteiger partial charge is 0.224 e. The number of rotatable bonds is 6. The first-order chi connectivity index (χ1) is 17.1. The SMILES string of the molecule is Cc1cc(Nc2ncnc3ccc(NC4=CN(C)OC4)cc23)ccc1Oc1cc2nncn2cn1. The molecule has 0 saturated carbocycles. The number of hydrogen-bond acceptors (Lipinski definition) is 10. The van der Waals surface area contributed by atoms with Gasteiger partial charge in [-0.3, -0.25) is 14.3 Å². The number of ether oxygens (including phenoxy) is 1. The fraction of sp³-hybridized carbons (Fsp3) is 0.125. The minimum Gasteiger partial charge on any atom is -0.439 e. The van der Waals surface area contributed by atoms with Crippen LogP contribution in [-0.4, -0.2) is 48.3 Å². The summed E-state index contributed by atoms with van der Waals surface area (Å²) in [6.07, 6.45) is 6.67. The summed E-state index contributed by atoms with van der Waals surface area (Å²) in [5, 5.41) is 17.2. The minimum atomic E-state index is 0.449. The van der Waals surface area contributed by atoms with Gasteiger partial charge in [0.15, 0.2) is 5.65 Å². The molecule has 0 unspecified atom stereocenters. The molecule has 0 bridgehead atoms. The van der Waals surface area contributed by atoms with E-state index in [-0.39, 0.29) is 0 Å². The summed E-state index contributed by atoms with van der Waals surface area (Å²) in [5.41, 5.74) is 5.23. The van der Waals surface area contributed by atoms with E-state index < -0.39 is 0 Å². The molecule has 0 fully saturated rings. The monoisotopic (exact) mass is 467 g/mol. The maximum atomic E-state index is 5.98. The first-order valence-electron chi connectivity index (χ1n) is 10.9. The Kier molecular flexibility index (Phi) is 5.08. The number of anilines is 3. The molecule has 5 aromatic rings. The Bertz CT molecular complexity index is 1580. The summed E-state index contributed by atoms with van der Waals surface area (Å²) in [5.74, 6) is 1.85. The standard InChI is InChI=1S/C24H21N9O2/c1-15-7-16(4-6-21(15)35-23-9-22-31-28-14-33(22)13-27-23)30-24-19-8-17(3-5-20(19)25-12-26-24)29-18-10-32(2)34-11-18/h3-10,12-14,29H,11H2,1-2H3,(H,25,26,30). The molecule has 4 heterocycles. The lowest BCUT2D eigenvalue weighted by atomic mass is 10.1. The first-order valence-corrected chi connectivity index (χ1v) is 10.9. The van der Waals surface area contributed by atoms with Gasteiger partial charge in [0.05, 0.1) is 11.2 Å². The molecule has 174 valence electrons.